The molecule has 1 amide bonds. The number of anilines is 1. The molecule has 0 fully saturated rings. The molecule has 1 unspecified atom stereocenters. The predicted molar refractivity (Wildman–Crippen MR) is 105 cm³/mol. The van der Waals surface area contributed by atoms with Crippen molar-refractivity contribution < 1.29 is 26.7 Å². The molecule has 3 heterocycles. The summed E-state index contributed by atoms with van der Waals surface area (Å²) in [6.07, 6.45) is 0.806. The number of hydrogen-bond donors (Lipinski definition) is 2. The Kier molecular flexibility index (Phi) is 4.70. The van der Waals surface area contributed by atoms with Crippen molar-refractivity contribution in [1.82, 2.24) is 4.98 Å². The van der Waals surface area contributed by atoms with Crippen molar-refractivity contribution in [2.75, 3.05) is 17.7 Å². The maximum absolute atomic E-state index is 15.0. The van der Waals surface area contributed by atoms with Gasteiger partial charge in [-0.1, -0.05) is 11.6 Å². The van der Waals surface area contributed by atoms with Gasteiger partial charge in [0.05, 0.1) is 15.7 Å². The average molecular weight is 457 g/mol. The topological polar surface area (TPSA) is 124 Å². The molecule has 1 spiro atoms. The molecule has 4 rings (SSSR count). The number of nitrogens with two attached hydrogens (primary N) is 1. The van der Waals surface area contributed by atoms with Crippen LogP contribution < -0.4 is 11.1 Å². The monoisotopic (exact) mass is 456 g/mol. The molecule has 0 bridgehead atoms. The third-order valence-corrected chi connectivity index (χ3v) is 7.01. The molecular formula is C18H15ClF2N4O4S. The molecular weight excluding hydrogens is 442 g/mol. The van der Waals surface area contributed by atoms with Gasteiger partial charge in [-0.2, -0.15) is 8.78 Å². The number of benzene rings is 1. The van der Waals surface area contributed by atoms with Crippen molar-refractivity contribution in [1.29, 1.82) is 0 Å². The van der Waals surface area contributed by atoms with Crippen LogP contribution >= 0.6 is 11.6 Å². The summed E-state index contributed by atoms with van der Waals surface area (Å²) in [6.45, 7) is -1.03. The quantitative estimate of drug-likeness (QED) is 0.714. The van der Waals surface area contributed by atoms with Crippen LogP contribution in [-0.2, 0) is 20.1 Å². The number of pyridine rings is 1. The maximum Gasteiger partial charge on any atom is 0.310 e. The number of carbonyl (C=O) groups is 1. The number of halogens is 3. The number of amidine groups is 1. The van der Waals surface area contributed by atoms with E-state index in [2.05, 4.69) is 20.0 Å². The van der Waals surface area contributed by atoms with Crippen molar-refractivity contribution in [2.24, 2.45) is 10.7 Å². The van der Waals surface area contributed by atoms with Gasteiger partial charge in [0, 0.05) is 17.4 Å². The van der Waals surface area contributed by atoms with E-state index in [0.29, 0.717) is 5.02 Å². The summed E-state index contributed by atoms with van der Waals surface area (Å²) < 4.78 is 59.6. The normalized spacial score (nSPS) is 23.8. The standard InChI is InChI=1S/C18H15ClF2N4O4S/c19-10-1-3-13(23-8-10)15(26)24-11-2-4-14-12(7-11)17(5-6-30(14,27)28)18(20,21)9-29-16(22)25-17/h1-4,7-8H,5-6,9H2,(H2,22,25)(H,24,26). The lowest BCUT2D eigenvalue weighted by Crippen LogP contribution is -2.55. The smallest absolute Gasteiger partial charge is 0.310 e. The molecule has 3 N–H and O–H groups in total. The van der Waals surface area contributed by atoms with E-state index in [-0.39, 0.29) is 21.8 Å². The van der Waals surface area contributed by atoms with Gasteiger partial charge in [0.15, 0.2) is 22.0 Å². The molecule has 0 radical (unpaired) electrons. The van der Waals surface area contributed by atoms with E-state index < -0.39 is 52.0 Å². The maximum atomic E-state index is 15.0. The van der Waals surface area contributed by atoms with E-state index in [0.717, 1.165) is 0 Å². The van der Waals surface area contributed by atoms with Crippen molar-refractivity contribution in [3.05, 3.63) is 52.8 Å². The van der Waals surface area contributed by atoms with Crippen LogP contribution in [-0.4, -0.2) is 43.6 Å². The molecule has 2 aromatic rings. The van der Waals surface area contributed by atoms with E-state index >= 15 is 0 Å². The minimum Gasteiger partial charge on any atom is -0.459 e. The Morgan fingerprint density at radius 2 is 2.03 bits per heavy atom. The summed E-state index contributed by atoms with van der Waals surface area (Å²) in [4.78, 5) is 19.9. The van der Waals surface area contributed by atoms with Gasteiger partial charge in [0.2, 0.25) is 0 Å². The highest BCUT2D eigenvalue weighted by Crippen LogP contribution is 2.51. The number of sulfone groups is 1. The van der Waals surface area contributed by atoms with Gasteiger partial charge < -0.3 is 15.8 Å². The van der Waals surface area contributed by atoms with E-state index in [9.17, 15) is 22.0 Å². The first kappa shape index (κ1) is 20.5. The number of carbonyl (C=O) groups excluding carboxylic acids is 1. The third kappa shape index (κ3) is 3.27. The Morgan fingerprint density at radius 1 is 1.27 bits per heavy atom. The van der Waals surface area contributed by atoms with Crippen LogP contribution in [0.5, 0.6) is 0 Å². The second-order valence-corrected chi connectivity index (χ2v) is 9.41. The van der Waals surface area contributed by atoms with Gasteiger partial charge in [0.1, 0.15) is 5.69 Å². The van der Waals surface area contributed by atoms with Crippen LogP contribution in [0.3, 0.4) is 0 Å². The number of nitrogens with one attached hydrogen (secondary N) is 1. The van der Waals surface area contributed by atoms with Crippen molar-refractivity contribution in [3.8, 4) is 0 Å². The highest BCUT2D eigenvalue weighted by atomic mass is 35.5. The third-order valence-electron chi connectivity index (χ3n) is 5.02. The molecule has 2 aliphatic rings. The summed E-state index contributed by atoms with van der Waals surface area (Å²) in [5, 5.41) is 2.86. The zero-order valence-electron chi connectivity index (χ0n) is 15.2. The largest absolute Gasteiger partial charge is 0.459 e. The fourth-order valence-corrected chi connectivity index (χ4v) is 5.25. The summed E-state index contributed by atoms with van der Waals surface area (Å²) in [7, 11) is -3.81. The van der Waals surface area contributed by atoms with Gasteiger partial charge in [-0.3, -0.25) is 4.79 Å². The summed E-state index contributed by atoms with van der Waals surface area (Å²) in [5.41, 5.74) is 3.23. The van der Waals surface area contributed by atoms with Crippen molar-refractivity contribution in [3.63, 3.8) is 0 Å². The van der Waals surface area contributed by atoms with Crippen LogP contribution in [0.2, 0.25) is 5.02 Å². The molecule has 0 aliphatic carbocycles. The first-order valence-electron chi connectivity index (χ1n) is 8.70. The van der Waals surface area contributed by atoms with Crippen LogP contribution in [0.15, 0.2) is 46.4 Å². The number of rotatable bonds is 2. The number of fused-ring (bicyclic) bond motifs is 2. The summed E-state index contributed by atoms with van der Waals surface area (Å²) in [5.74, 6) is -4.66. The fraction of sp³-hybridized carbons (Fsp3) is 0.278. The molecule has 8 nitrogen and oxygen atoms in total. The Balaban J connectivity index is 1.81. The fourth-order valence-electron chi connectivity index (χ4n) is 3.52. The predicted octanol–water partition coefficient (Wildman–Crippen LogP) is 2.34. The second-order valence-electron chi connectivity index (χ2n) is 6.90. The SMILES string of the molecule is NC1=NC2(CCS(=O)(=O)c3ccc(NC(=O)c4ccc(Cl)cn4)cc32)C(F)(F)CO1. The van der Waals surface area contributed by atoms with Gasteiger partial charge in [-0.15, -0.1) is 0 Å². The number of aliphatic imine (C=N–C) groups is 1. The Labute approximate surface area is 175 Å². The lowest BCUT2D eigenvalue weighted by Gasteiger charge is -2.43. The Hall–Kier alpha value is -2.79. The zero-order chi connectivity index (χ0) is 21.7. The minimum atomic E-state index is -3.81. The minimum absolute atomic E-state index is 0.0399. The molecule has 1 aromatic carbocycles. The number of aromatic nitrogens is 1. The number of nitrogens with zero attached hydrogens (tertiary/aromatic N) is 2. The molecule has 12 heteroatoms. The van der Waals surface area contributed by atoms with E-state index in [1.165, 1.54) is 36.5 Å². The number of ether oxygens (including phenoxy) is 1. The molecule has 158 valence electrons. The highest BCUT2D eigenvalue weighted by Gasteiger charge is 2.61. The summed E-state index contributed by atoms with van der Waals surface area (Å²) >= 11 is 5.75. The van der Waals surface area contributed by atoms with Crippen molar-refractivity contribution in [2.45, 2.75) is 22.8 Å². The van der Waals surface area contributed by atoms with E-state index in [4.69, 9.17) is 17.3 Å². The molecule has 1 atom stereocenters. The number of hydrogen-bond acceptors (Lipinski definition) is 7. The lowest BCUT2D eigenvalue weighted by molar-refractivity contribution is -0.125. The van der Waals surface area contributed by atoms with Gasteiger partial charge >= 0.3 is 5.92 Å². The number of alkyl halides is 2. The van der Waals surface area contributed by atoms with Gasteiger partial charge in [-0.05, 0) is 36.8 Å². The molecule has 2 aliphatic heterocycles. The molecule has 0 saturated heterocycles. The van der Waals surface area contributed by atoms with Gasteiger partial charge in [-0.25, -0.2) is 18.4 Å². The Bertz CT molecular complexity index is 1170. The van der Waals surface area contributed by atoms with Crippen LogP contribution in [0.1, 0.15) is 22.5 Å². The van der Waals surface area contributed by atoms with Gasteiger partial charge in [0.25, 0.3) is 11.9 Å². The summed E-state index contributed by atoms with van der Waals surface area (Å²) in [6, 6.07) is 6.07. The lowest BCUT2D eigenvalue weighted by atomic mass is 9.80. The van der Waals surface area contributed by atoms with Crippen LogP contribution in [0.4, 0.5) is 14.5 Å². The highest BCUT2D eigenvalue weighted by molar-refractivity contribution is 7.91. The average Bonchev–Trinajstić information content (AvgIpc) is 2.68. The first-order valence-corrected chi connectivity index (χ1v) is 10.7. The van der Waals surface area contributed by atoms with E-state index in [1.807, 2.05) is 0 Å². The first-order chi connectivity index (χ1) is 14.0. The molecule has 30 heavy (non-hydrogen) atoms. The molecule has 1 aromatic heterocycles. The zero-order valence-corrected chi connectivity index (χ0v) is 16.8. The molecule has 0 saturated carbocycles. The Morgan fingerprint density at radius 3 is 2.73 bits per heavy atom. The van der Waals surface area contributed by atoms with E-state index in [1.54, 1.807) is 0 Å². The second kappa shape index (κ2) is 6.88. The van der Waals surface area contributed by atoms with Crippen molar-refractivity contribution >= 4 is 39.1 Å². The number of amides is 1. The van der Waals surface area contributed by atoms with Crippen LogP contribution in [0.25, 0.3) is 0 Å². The van der Waals surface area contributed by atoms with Crippen LogP contribution in [0, 0.1) is 0 Å².